The molecule has 0 aliphatic carbocycles. The fraction of sp³-hybridized carbons (Fsp3) is 0.500. The van der Waals surface area contributed by atoms with E-state index >= 15 is 0 Å². The number of hydrogen-bond donors (Lipinski definition) is 1. The molecule has 0 aromatic heterocycles. The minimum Gasteiger partial charge on any atom is -0.309 e. The van der Waals surface area contributed by atoms with Crippen LogP contribution >= 0.6 is 23.4 Å². The highest BCUT2D eigenvalue weighted by atomic mass is 35.5. The number of rotatable bonds is 3. The SMILES string of the molecule is CC1SCCC1NCc1ccc(F)c(Cl)c1. The maximum absolute atomic E-state index is 12.9. The van der Waals surface area contributed by atoms with Gasteiger partial charge in [0.1, 0.15) is 5.82 Å². The fourth-order valence-corrected chi connectivity index (χ4v) is 3.33. The zero-order valence-electron chi connectivity index (χ0n) is 9.17. The second-order valence-corrected chi connectivity index (χ2v) is 5.99. The lowest BCUT2D eigenvalue weighted by molar-refractivity contribution is 0.512. The van der Waals surface area contributed by atoms with Crippen LogP contribution in [0.1, 0.15) is 18.9 Å². The Bertz CT molecular complexity index is 372. The quantitative estimate of drug-likeness (QED) is 0.892. The number of hydrogen-bond acceptors (Lipinski definition) is 2. The van der Waals surface area contributed by atoms with E-state index in [9.17, 15) is 4.39 Å². The van der Waals surface area contributed by atoms with Gasteiger partial charge in [-0.2, -0.15) is 11.8 Å². The Morgan fingerprint density at radius 2 is 2.38 bits per heavy atom. The molecule has 0 spiro atoms. The summed E-state index contributed by atoms with van der Waals surface area (Å²) in [5.41, 5.74) is 1.04. The molecule has 1 aromatic rings. The molecule has 0 amide bonds. The molecule has 1 aliphatic rings. The molecule has 1 heterocycles. The maximum atomic E-state index is 12.9. The lowest BCUT2D eigenvalue weighted by Crippen LogP contribution is -2.32. The molecule has 1 saturated heterocycles. The summed E-state index contributed by atoms with van der Waals surface area (Å²) < 4.78 is 12.9. The predicted octanol–water partition coefficient (Wildman–Crippen LogP) is 3.46. The smallest absolute Gasteiger partial charge is 0.141 e. The van der Waals surface area contributed by atoms with Crippen LogP contribution in [0.15, 0.2) is 18.2 Å². The zero-order valence-corrected chi connectivity index (χ0v) is 10.7. The molecular weight excluding hydrogens is 245 g/mol. The van der Waals surface area contributed by atoms with E-state index < -0.39 is 0 Å². The van der Waals surface area contributed by atoms with Crippen LogP contribution in [0.4, 0.5) is 4.39 Å². The van der Waals surface area contributed by atoms with Crippen LogP contribution in [0, 0.1) is 5.82 Å². The molecule has 1 N–H and O–H groups in total. The average molecular weight is 260 g/mol. The van der Waals surface area contributed by atoms with E-state index in [-0.39, 0.29) is 10.8 Å². The van der Waals surface area contributed by atoms with Crippen molar-refractivity contribution >= 4 is 23.4 Å². The molecule has 1 nitrogen and oxygen atoms in total. The molecule has 2 rings (SSSR count). The monoisotopic (exact) mass is 259 g/mol. The van der Waals surface area contributed by atoms with Crippen molar-refractivity contribution in [1.29, 1.82) is 0 Å². The molecule has 0 saturated carbocycles. The van der Waals surface area contributed by atoms with Crippen LogP contribution < -0.4 is 5.32 Å². The van der Waals surface area contributed by atoms with Crippen molar-refractivity contribution < 1.29 is 4.39 Å². The van der Waals surface area contributed by atoms with Gasteiger partial charge in [-0.05, 0) is 29.9 Å². The third-order valence-corrected chi connectivity index (χ3v) is 4.54. The second-order valence-electron chi connectivity index (χ2n) is 4.10. The molecule has 2 atom stereocenters. The fourth-order valence-electron chi connectivity index (χ4n) is 1.90. The summed E-state index contributed by atoms with van der Waals surface area (Å²) in [4.78, 5) is 0. The zero-order chi connectivity index (χ0) is 11.5. The van der Waals surface area contributed by atoms with Gasteiger partial charge in [0.05, 0.1) is 5.02 Å². The highest BCUT2D eigenvalue weighted by molar-refractivity contribution is 8.00. The molecule has 1 aromatic carbocycles. The lowest BCUT2D eigenvalue weighted by atomic mass is 10.1. The van der Waals surface area contributed by atoms with Crippen molar-refractivity contribution in [3.05, 3.63) is 34.6 Å². The van der Waals surface area contributed by atoms with Gasteiger partial charge in [0.2, 0.25) is 0 Å². The largest absolute Gasteiger partial charge is 0.309 e. The van der Waals surface area contributed by atoms with E-state index in [2.05, 4.69) is 12.2 Å². The van der Waals surface area contributed by atoms with E-state index in [4.69, 9.17) is 11.6 Å². The Balaban J connectivity index is 1.91. The normalized spacial score (nSPS) is 24.9. The second kappa shape index (κ2) is 5.39. The van der Waals surface area contributed by atoms with Crippen LogP contribution in [-0.2, 0) is 6.54 Å². The van der Waals surface area contributed by atoms with Gasteiger partial charge in [0.25, 0.3) is 0 Å². The summed E-state index contributed by atoms with van der Waals surface area (Å²) in [6.45, 7) is 3.00. The number of nitrogens with one attached hydrogen (secondary N) is 1. The maximum Gasteiger partial charge on any atom is 0.141 e. The molecular formula is C12H15ClFNS. The van der Waals surface area contributed by atoms with Crippen LogP contribution in [0.2, 0.25) is 5.02 Å². The van der Waals surface area contributed by atoms with E-state index in [1.807, 2.05) is 11.8 Å². The van der Waals surface area contributed by atoms with Gasteiger partial charge >= 0.3 is 0 Å². The first-order valence-corrected chi connectivity index (χ1v) is 6.88. The molecule has 1 aliphatic heterocycles. The summed E-state index contributed by atoms with van der Waals surface area (Å²) in [5.74, 6) is 0.874. The first-order chi connectivity index (χ1) is 7.66. The van der Waals surface area contributed by atoms with Crippen LogP contribution in [0.3, 0.4) is 0 Å². The summed E-state index contributed by atoms with van der Waals surface area (Å²) >= 11 is 7.73. The van der Waals surface area contributed by atoms with Gasteiger partial charge in [-0.25, -0.2) is 4.39 Å². The van der Waals surface area contributed by atoms with E-state index in [1.54, 1.807) is 12.1 Å². The van der Waals surface area contributed by atoms with E-state index in [0.717, 1.165) is 12.1 Å². The molecule has 4 heteroatoms. The van der Waals surface area contributed by atoms with Crippen LogP contribution in [0.5, 0.6) is 0 Å². The Hall–Kier alpha value is -0.250. The minimum atomic E-state index is -0.352. The van der Waals surface area contributed by atoms with Crippen molar-refractivity contribution in [2.24, 2.45) is 0 Å². The third kappa shape index (κ3) is 2.90. The Labute approximate surface area is 105 Å². The van der Waals surface area contributed by atoms with Crippen LogP contribution in [0.25, 0.3) is 0 Å². The molecule has 0 radical (unpaired) electrons. The Morgan fingerprint density at radius 3 is 3.00 bits per heavy atom. The minimum absolute atomic E-state index is 0.202. The topological polar surface area (TPSA) is 12.0 Å². The summed E-state index contributed by atoms with van der Waals surface area (Å²) in [6.07, 6.45) is 1.21. The van der Waals surface area contributed by atoms with Gasteiger partial charge in [-0.15, -0.1) is 0 Å². The van der Waals surface area contributed by atoms with Crippen molar-refractivity contribution in [1.82, 2.24) is 5.32 Å². The third-order valence-electron chi connectivity index (χ3n) is 2.93. The number of halogens is 2. The number of benzene rings is 1. The molecule has 16 heavy (non-hydrogen) atoms. The van der Waals surface area contributed by atoms with Gasteiger partial charge < -0.3 is 5.32 Å². The summed E-state index contributed by atoms with van der Waals surface area (Å²) in [5, 5.41) is 4.36. The Kier molecular flexibility index (Phi) is 4.11. The highest BCUT2D eigenvalue weighted by Gasteiger charge is 2.22. The van der Waals surface area contributed by atoms with E-state index in [1.165, 1.54) is 18.2 Å². The summed E-state index contributed by atoms with van der Waals surface area (Å²) in [6, 6.07) is 5.46. The van der Waals surface area contributed by atoms with Crippen molar-refractivity contribution in [3.8, 4) is 0 Å². The predicted molar refractivity (Wildman–Crippen MR) is 68.6 cm³/mol. The van der Waals surface area contributed by atoms with Gasteiger partial charge in [0.15, 0.2) is 0 Å². The van der Waals surface area contributed by atoms with Crippen molar-refractivity contribution in [3.63, 3.8) is 0 Å². The first-order valence-electron chi connectivity index (χ1n) is 5.46. The molecule has 1 fully saturated rings. The van der Waals surface area contributed by atoms with Gasteiger partial charge in [-0.3, -0.25) is 0 Å². The average Bonchev–Trinajstić information content (AvgIpc) is 2.66. The number of thioether (sulfide) groups is 1. The molecule has 0 bridgehead atoms. The summed E-state index contributed by atoms with van der Waals surface area (Å²) in [7, 11) is 0. The van der Waals surface area contributed by atoms with Gasteiger partial charge in [-0.1, -0.05) is 24.6 Å². The molecule has 88 valence electrons. The highest BCUT2D eigenvalue weighted by Crippen LogP contribution is 2.26. The van der Waals surface area contributed by atoms with Gasteiger partial charge in [0, 0.05) is 17.8 Å². The van der Waals surface area contributed by atoms with E-state index in [0.29, 0.717) is 11.3 Å². The van der Waals surface area contributed by atoms with Crippen molar-refractivity contribution in [2.75, 3.05) is 5.75 Å². The first kappa shape index (κ1) is 12.2. The lowest BCUT2D eigenvalue weighted by Gasteiger charge is -2.16. The molecule has 2 unspecified atom stereocenters. The Morgan fingerprint density at radius 1 is 1.56 bits per heavy atom. The van der Waals surface area contributed by atoms with Crippen molar-refractivity contribution in [2.45, 2.75) is 31.2 Å². The standard InChI is InChI=1S/C12H15ClFNS/c1-8-12(4-5-16-8)15-7-9-2-3-11(14)10(13)6-9/h2-3,6,8,12,15H,4-5,7H2,1H3. The van der Waals surface area contributed by atoms with Crippen LogP contribution in [-0.4, -0.2) is 17.0 Å².